The normalized spacial score (nSPS) is 33.6. The molecular formula is C15H21N. The Labute approximate surface area is 98.3 Å². The van der Waals surface area contributed by atoms with E-state index in [-0.39, 0.29) is 0 Å². The van der Waals surface area contributed by atoms with Gasteiger partial charge in [0, 0.05) is 6.04 Å². The van der Waals surface area contributed by atoms with Crippen molar-refractivity contribution < 1.29 is 0 Å². The summed E-state index contributed by atoms with van der Waals surface area (Å²) in [6.07, 6.45) is 7.05. The zero-order chi connectivity index (χ0) is 10.8. The molecule has 3 unspecified atom stereocenters. The van der Waals surface area contributed by atoms with Crippen LogP contribution in [0.5, 0.6) is 0 Å². The van der Waals surface area contributed by atoms with Gasteiger partial charge in [0.25, 0.3) is 0 Å². The summed E-state index contributed by atoms with van der Waals surface area (Å²) in [7, 11) is 0. The lowest BCUT2D eigenvalue weighted by molar-refractivity contribution is 0.264. The molecule has 1 heterocycles. The molecule has 1 saturated heterocycles. The molecule has 1 aliphatic carbocycles. The third kappa shape index (κ3) is 2.01. The molecule has 0 radical (unpaired) electrons. The maximum absolute atomic E-state index is 3.75. The number of benzene rings is 1. The van der Waals surface area contributed by atoms with Crippen LogP contribution < -0.4 is 5.32 Å². The van der Waals surface area contributed by atoms with Crippen molar-refractivity contribution in [2.24, 2.45) is 11.8 Å². The fourth-order valence-electron chi connectivity index (χ4n) is 3.57. The van der Waals surface area contributed by atoms with E-state index in [1.807, 2.05) is 0 Å². The number of nitrogens with one attached hydrogen (secondary N) is 1. The van der Waals surface area contributed by atoms with Crippen molar-refractivity contribution in [1.29, 1.82) is 0 Å². The van der Waals surface area contributed by atoms with Crippen LogP contribution in [0.4, 0.5) is 0 Å². The molecule has 1 aromatic rings. The molecule has 0 amide bonds. The maximum atomic E-state index is 3.75. The van der Waals surface area contributed by atoms with Gasteiger partial charge in [0.15, 0.2) is 0 Å². The van der Waals surface area contributed by atoms with Crippen molar-refractivity contribution in [2.45, 2.75) is 38.1 Å². The van der Waals surface area contributed by atoms with Crippen molar-refractivity contribution in [2.75, 3.05) is 6.54 Å². The van der Waals surface area contributed by atoms with Crippen molar-refractivity contribution in [3.63, 3.8) is 0 Å². The topological polar surface area (TPSA) is 12.0 Å². The van der Waals surface area contributed by atoms with Gasteiger partial charge in [-0.25, -0.2) is 0 Å². The predicted molar refractivity (Wildman–Crippen MR) is 67.4 cm³/mol. The van der Waals surface area contributed by atoms with Gasteiger partial charge in [-0.05, 0) is 43.2 Å². The summed E-state index contributed by atoms with van der Waals surface area (Å²) in [5.41, 5.74) is 1.49. The van der Waals surface area contributed by atoms with E-state index < -0.39 is 0 Å². The van der Waals surface area contributed by atoms with Gasteiger partial charge < -0.3 is 5.32 Å². The lowest BCUT2D eigenvalue weighted by Gasteiger charge is -2.28. The zero-order valence-electron chi connectivity index (χ0n) is 9.86. The third-order valence-electron chi connectivity index (χ3n) is 4.43. The van der Waals surface area contributed by atoms with Crippen LogP contribution >= 0.6 is 0 Å². The Hall–Kier alpha value is -0.820. The minimum absolute atomic E-state index is 0.743. The maximum Gasteiger partial charge on any atom is 0.0139 e. The standard InChI is InChI=1S/C15H21N/c1-2-6-12(7-3-1)10-15-14-9-5-4-8-13(14)11-16-15/h1-3,6-7,13-16H,4-5,8-11H2. The molecule has 0 bridgehead atoms. The first-order chi connectivity index (χ1) is 7.93. The molecule has 1 N–H and O–H groups in total. The Morgan fingerprint density at radius 3 is 2.75 bits per heavy atom. The van der Waals surface area contributed by atoms with Crippen LogP contribution in [0.15, 0.2) is 30.3 Å². The van der Waals surface area contributed by atoms with Gasteiger partial charge in [-0.3, -0.25) is 0 Å². The Bertz CT molecular complexity index is 333. The van der Waals surface area contributed by atoms with Gasteiger partial charge in [0.1, 0.15) is 0 Å². The molecule has 1 saturated carbocycles. The van der Waals surface area contributed by atoms with Crippen LogP contribution in [0, 0.1) is 11.8 Å². The molecule has 86 valence electrons. The minimum atomic E-state index is 0.743. The van der Waals surface area contributed by atoms with Crippen LogP contribution in [0.2, 0.25) is 0 Å². The van der Waals surface area contributed by atoms with Crippen molar-refractivity contribution in [1.82, 2.24) is 5.32 Å². The van der Waals surface area contributed by atoms with Crippen LogP contribution in [-0.2, 0) is 6.42 Å². The summed E-state index contributed by atoms with van der Waals surface area (Å²) < 4.78 is 0. The molecule has 1 nitrogen and oxygen atoms in total. The van der Waals surface area contributed by atoms with Crippen molar-refractivity contribution >= 4 is 0 Å². The fourth-order valence-corrected chi connectivity index (χ4v) is 3.57. The summed E-state index contributed by atoms with van der Waals surface area (Å²) in [5.74, 6) is 1.93. The molecule has 3 atom stereocenters. The first-order valence-electron chi connectivity index (χ1n) is 6.71. The predicted octanol–water partition coefficient (Wildman–Crippen LogP) is 3.01. The third-order valence-corrected chi connectivity index (χ3v) is 4.43. The molecule has 1 aromatic carbocycles. The van der Waals surface area contributed by atoms with E-state index in [9.17, 15) is 0 Å². The average molecular weight is 215 g/mol. The van der Waals surface area contributed by atoms with Gasteiger partial charge in [-0.2, -0.15) is 0 Å². The molecule has 2 fully saturated rings. The quantitative estimate of drug-likeness (QED) is 0.799. The summed E-state index contributed by atoms with van der Waals surface area (Å²) in [4.78, 5) is 0. The Kier molecular flexibility index (Phi) is 2.96. The van der Waals surface area contributed by atoms with E-state index in [0.29, 0.717) is 0 Å². The highest BCUT2D eigenvalue weighted by molar-refractivity contribution is 5.17. The molecule has 16 heavy (non-hydrogen) atoms. The second-order valence-corrected chi connectivity index (χ2v) is 5.41. The number of rotatable bonds is 2. The lowest BCUT2D eigenvalue weighted by Crippen LogP contribution is -2.30. The second kappa shape index (κ2) is 4.58. The van der Waals surface area contributed by atoms with E-state index in [1.165, 1.54) is 44.2 Å². The number of hydrogen-bond donors (Lipinski definition) is 1. The van der Waals surface area contributed by atoms with Crippen LogP contribution in [0.25, 0.3) is 0 Å². The summed E-state index contributed by atoms with van der Waals surface area (Å²) in [6.45, 7) is 1.27. The van der Waals surface area contributed by atoms with Crippen molar-refractivity contribution in [3.8, 4) is 0 Å². The SMILES string of the molecule is c1ccc(CC2NCC3CCCCC32)cc1. The van der Waals surface area contributed by atoms with Crippen LogP contribution in [0.3, 0.4) is 0 Å². The van der Waals surface area contributed by atoms with E-state index in [2.05, 4.69) is 35.6 Å². The molecular weight excluding hydrogens is 194 g/mol. The molecule has 2 aliphatic rings. The van der Waals surface area contributed by atoms with Crippen LogP contribution in [0.1, 0.15) is 31.2 Å². The minimum Gasteiger partial charge on any atom is -0.313 e. The van der Waals surface area contributed by atoms with Gasteiger partial charge >= 0.3 is 0 Å². The number of fused-ring (bicyclic) bond motifs is 1. The van der Waals surface area contributed by atoms with Crippen LogP contribution in [-0.4, -0.2) is 12.6 Å². The average Bonchev–Trinajstić information content (AvgIpc) is 2.74. The molecule has 1 heteroatoms. The summed E-state index contributed by atoms with van der Waals surface area (Å²) in [6, 6.07) is 11.7. The first-order valence-corrected chi connectivity index (χ1v) is 6.71. The highest BCUT2D eigenvalue weighted by Crippen LogP contribution is 2.36. The lowest BCUT2D eigenvalue weighted by atomic mass is 9.77. The van der Waals surface area contributed by atoms with Gasteiger partial charge in [-0.1, -0.05) is 43.2 Å². The summed E-state index contributed by atoms with van der Waals surface area (Å²) in [5, 5.41) is 3.75. The zero-order valence-corrected chi connectivity index (χ0v) is 9.86. The van der Waals surface area contributed by atoms with Gasteiger partial charge in [0.05, 0.1) is 0 Å². The molecule has 0 spiro atoms. The van der Waals surface area contributed by atoms with E-state index in [1.54, 1.807) is 0 Å². The second-order valence-electron chi connectivity index (χ2n) is 5.41. The first kappa shape index (κ1) is 10.3. The highest BCUT2D eigenvalue weighted by atomic mass is 15.0. The molecule has 1 aliphatic heterocycles. The Morgan fingerprint density at radius 2 is 1.88 bits per heavy atom. The number of hydrogen-bond acceptors (Lipinski definition) is 1. The summed E-state index contributed by atoms with van der Waals surface area (Å²) >= 11 is 0. The highest BCUT2D eigenvalue weighted by Gasteiger charge is 2.36. The van der Waals surface area contributed by atoms with E-state index in [0.717, 1.165) is 17.9 Å². The molecule has 3 rings (SSSR count). The Morgan fingerprint density at radius 1 is 1.06 bits per heavy atom. The smallest absolute Gasteiger partial charge is 0.0139 e. The fraction of sp³-hybridized carbons (Fsp3) is 0.600. The van der Waals surface area contributed by atoms with E-state index in [4.69, 9.17) is 0 Å². The molecule has 0 aromatic heterocycles. The van der Waals surface area contributed by atoms with E-state index >= 15 is 0 Å². The monoisotopic (exact) mass is 215 g/mol. The Balaban J connectivity index is 1.67. The van der Waals surface area contributed by atoms with Gasteiger partial charge in [-0.15, -0.1) is 0 Å². The van der Waals surface area contributed by atoms with Crippen molar-refractivity contribution in [3.05, 3.63) is 35.9 Å². The van der Waals surface area contributed by atoms with Gasteiger partial charge in [0.2, 0.25) is 0 Å². The largest absolute Gasteiger partial charge is 0.313 e.